The van der Waals surface area contributed by atoms with Gasteiger partial charge in [-0.25, -0.2) is 4.98 Å². The summed E-state index contributed by atoms with van der Waals surface area (Å²) in [5, 5.41) is 0. The Labute approximate surface area is 175 Å². The molecule has 152 valence electrons. The summed E-state index contributed by atoms with van der Waals surface area (Å²) in [5.41, 5.74) is 10.2. The second-order valence-corrected chi connectivity index (χ2v) is 7.27. The van der Waals surface area contributed by atoms with Crippen molar-refractivity contribution in [3.63, 3.8) is 0 Å². The number of carbonyl (C=O) groups is 1. The van der Waals surface area contributed by atoms with Crippen LogP contribution in [0.4, 0.5) is 0 Å². The molecule has 30 heavy (non-hydrogen) atoms. The van der Waals surface area contributed by atoms with Crippen molar-refractivity contribution in [3.05, 3.63) is 72.6 Å². The molecule has 0 unspecified atom stereocenters. The third kappa shape index (κ3) is 4.33. The maximum absolute atomic E-state index is 10.9. The zero-order chi connectivity index (χ0) is 20.9. The van der Waals surface area contributed by atoms with Gasteiger partial charge in [-0.15, -0.1) is 0 Å². The number of hydrogen-bond donors (Lipinski definition) is 1. The third-order valence-electron chi connectivity index (χ3n) is 4.92. The summed E-state index contributed by atoms with van der Waals surface area (Å²) in [4.78, 5) is 20.0. The predicted octanol–water partition coefficient (Wildman–Crippen LogP) is 4.43. The van der Waals surface area contributed by atoms with Crippen LogP contribution in [0.1, 0.15) is 24.8 Å². The minimum Gasteiger partial charge on any atom is -0.494 e. The normalized spacial score (nSPS) is 11.0. The van der Waals surface area contributed by atoms with E-state index in [0.717, 1.165) is 46.7 Å². The molecular formula is C24H24N4O2. The summed E-state index contributed by atoms with van der Waals surface area (Å²) in [7, 11) is 0. The average molecular weight is 400 g/mol. The summed E-state index contributed by atoms with van der Waals surface area (Å²) in [6.45, 7) is 2.61. The molecule has 2 aromatic heterocycles. The molecule has 6 nitrogen and oxygen atoms in total. The first kappa shape index (κ1) is 19.6. The van der Waals surface area contributed by atoms with Gasteiger partial charge >= 0.3 is 0 Å². The zero-order valence-corrected chi connectivity index (χ0v) is 16.9. The van der Waals surface area contributed by atoms with Crippen LogP contribution in [-0.4, -0.2) is 27.0 Å². The lowest BCUT2D eigenvalue weighted by Crippen LogP contribution is -2.10. The SMILES string of the molecule is Cc1ccc(-n2c(-c3cccnc3)nc3ccc(OCCCCC(N)=O)cc32)cc1. The summed E-state index contributed by atoms with van der Waals surface area (Å²) >= 11 is 0. The lowest BCUT2D eigenvalue weighted by Gasteiger charge is -2.11. The van der Waals surface area contributed by atoms with Gasteiger partial charge in [0, 0.05) is 36.1 Å². The Bertz CT molecular complexity index is 1150. The first-order valence-corrected chi connectivity index (χ1v) is 10.0. The van der Waals surface area contributed by atoms with Crippen molar-refractivity contribution in [2.24, 2.45) is 5.73 Å². The number of aryl methyl sites for hydroxylation is 1. The number of amides is 1. The maximum atomic E-state index is 10.9. The van der Waals surface area contributed by atoms with Gasteiger partial charge in [-0.3, -0.25) is 14.3 Å². The predicted molar refractivity (Wildman–Crippen MR) is 118 cm³/mol. The number of hydrogen-bond acceptors (Lipinski definition) is 4. The molecule has 2 heterocycles. The molecule has 6 heteroatoms. The van der Waals surface area contributed by atoms with Crippen LogP contribution >= 0.6 is 0 Å². The minimum atomic E-state index is -0.277. The number of primary amides is 1. The number of ether oxygens (including phenoxy) is 1. The number of fused-ring (bicyclic) bond motifs is 1. The van der Waals surface area contributed by atoms with Crippen molar-refractivity contribution in [1.29, 1.82) is 0 Å². The Hall–Kier alpha value is -3.67. The van der Waals surface area contributed by atoms with Gasteiger partial charge in [0.05, 0.1) is 17.6 Å². The number of benzene rings is 2. The van der Waals surface area contributed by atoms with E-state index in [-0.39, 0.29) is 5.91 Å². The van der Waals surface area contributed by atoms with E-state index in [4.69, 9.17) is 15.5 Å². The van der Waals surface area contributed by atoms with E-state index in [1.165, 1.54) is 5.56 Å². The smallest absolute Gasteiger partial charge is 0.217 e. The highest BCUT2D eigenvalue weighted by atomic mass is 16.5. The van der Waals surface area contributed by atoms with E-state index in [2.05, 4.69) is 40.7 Å². The van der Waals surface area contributed by atoms with E-state index in [1.54, 1.807) is 6.20 Å². The van der Waals surface area contributed by atoms with Gasteiger partial charge in [0.25, 0.3) is 0 Å². The van der Waals surface area contributed by atoms with Crippen LogP contribution in [0.5, 0.6) is 5.75 Å². The molecule has 0 saturated carbocycles. The van der Waals surface area contributed by atoms with Crippen molar-refractivity contribution in [1.82, 2.24) is 14.5 Å². The number of carbonyl (C=O) groups excluding carboxylic acids is 1. The topological polar surface area (TPSA) is 83.0 Å². The third-order valence-corrected chi connectivity index (χ3v) is 4.92. The van der Waals surface area contributed by atoms with Crippen molar-refractivity contribution in [3.8, 4) is 22.8 Å². The van der Waals surface area contributed by atoms with Crippen LogP contribution in [0, 0.1) is 6.92 Å². The van der Waals surface area contributed by atoms with Gasteiger partial charge in [0.15, 0.2) is 0 Å². The molecule has 0 aliphatic rings. The largest absolute Gasteiger partial charge is 0.494 e. The number of imidazole rings is 1. The lowest BCUT2D eigenvalue weighted by atomic mass is 10.2. The molecule has 1 amide bonds. The van der Waals surface area contributed by atoms with Crippen LogP contribution in [0.25, 0.3) is 28.1 Å². The van der Waals surface area contributed by atoms with E-state index in [9.17, 15) is 4.79 Å². The van der Waals surface area contributed by atoms with E-state index in [1.807, 2.05) is 36.5 Å². The molecule has 0 spiro atoms. The number of rotatable bonds is 8. The van der Waals surface area contributed by atoms with Crippen molar-refractivity contribution < 1.29 is 9.53 Å². The van der Waals surface area contributed by atoms with Crippen molar-refractivity contribution in [2.45, 2.75) is 26.2 Å². The quantitative estimate of drug-likeness (QED) is 0.444. The minimum absolute atomic E-state index is 0.277. The van der Waals surface area contributed by atoms with Crippen LogP contribution in [0.3, 0.4) is 0 Å². The molecule has 0 aliphatic heterocycles. The second kappa shape index (κ2) is 8.78. The monoisotopic (exact) mass is 400 g/mol. The molecule has 0 saturated heterocycles. The zero-order valence-electron chi connectivity index (χ0n) is 16.9. The number of nitrogens with zero attached hydrogens (tertiary/aromatic N) is 3. The average Bonchev–Trinajstić information content (AvgIpc) is 3.13. The molecule has 4 aromatic rings. The summed E-state index contributed by atoms with van der Waals surface area (Å²) in [5.74, 6) is 1.33. The van der Waals surface area contributed by atoms with Crippen LogP contribution in [0.15, 0.2) is 67.0 Å². The molecule has 4 rings (SSSR count). The summed E-state index contributed by atoms with van der Waals surface area (Å²) in [6.07, 6.45) is 5.47. The number of aromatic nitrogens is 3. The van der Waals surface area contributed by atoms with Crippen molar-refractivity contribution in [2.75, 3.05) is 6.61 Å². The Morgan fingerprint density at radius 1 is 1.10 bits per heavy atom. The van der Waals surface area contributed by atoms with Gasteiger partial charge < -0.3 is 10.5 Å². The standard InChI is InChI=1S/C24H24N4O2/c1-17-7-9-19(10-8-17)28-22-15-20(30-14-3-2-6-23(25)29)11-12-21(22)27-24(28)18-5-4-13-26-16-18/h4-5,7-13,15-16H,2-3,6,14H2,1H3,(H2,25,29). The fourth-order valence-corrected chi connectivity index (χ4v) is 3.38. The Kier molecular flexibility index (Phi) is 5.75. The molecule has 0 fully saturated rings. The summed E-state index contributed by atoms with van der Waals surface area (Å²) in [6, 6.07) is 18.2. The second-order valence-electron chi connectivity index (χ2n) is 7.27. The number of unbranched alkanes of at least 4 members (excludes halogenated alkanes) is 1. The molecular weight excluding hydrogens is 376 g/mol. The molecule has 0 bridgehead atoms. The van der Waals surface area contributed by atoms with Crippen molar-refractivity contribution >= 4 is 16.9 Å². The summed E-state index contributed by atoms with van der Waals surface area (Å²) < 4.78 is 8.05. The van der Waals surface area contributed by atoms with Gasteiger partial charge in [0.2, 0.25) is 5.91 Å². The Morgan fingerprint density at radius 2 is 1.93 bits per heavy atom. The number of pyridine rings is 1. The molecule has 2 N–H and O–H groups in total. The van der Waals surface area contributed by atoms with E-state index in [0.29, 0.717) is 13.0 Å². The van der Waals surface area contributed by atoms with Gasteiger partial charge in [0.1, 0.15) is 11.6 Å². The van der Waals surface area contributed by atoms with Crippen LogP contribution in [-0.2, 0) is 4.79 Å². The molecule has 2 aromatic carbocycles. The highest BCUT2D eigenvalue weighted by Gasteiger charge is 2.15. The first-order valence-electron chi connectivity index (χ1n) is 10.0. The van der Waals surface area contributed by atoms with Gasteiger partial charge in [-0.05, 0) is 56.2 Å². The lowest BCUT2D eigenvalue weighted by molar-refractivity contribution is -0.118. The fourth-order valence-electron chi connectivity index (χ4n) is 3.38. The fraction of sp³-hybridized carbons (Fsp3) is 0.208. The number of nitrogens with two attached hydrogens (primary N) is 1. The van der Waals surface area contributed by atoms with Gasteiger partial charge in [-0.2, -0.15) is 0 Å². The van der Waals surface area contributed by atoms with Gasteiger partial charge in [-0.1, -0.05) is 17.7 Å². The van der Waals surface area contributed by atoms with Crippen LogP contribution in [0.2, 0.25) is 0 Å². The highest BCUT2D eigenvalue weighted by Crippen LogP contribution is 2.30. The molecule has 0 aliphatic carbocycles. The Balaban J connectivity index is 1.70. The maximum Gasteiger partial charge on any atom is 0.217 e. The Morgan fingerprint density at radius 3 is 2.67 bits per heavy atom. The molecule has 0 radical (unpaired) electrons. The van der Waals surface area contributed by atoms with Crippen LogP contribution < -0.4 is 10.5 Å². The first-order chi connectivity index (χ1) is 14.6. The van der Waals surface area contributed by atoms with E-state index < -0.39 is 0 Å². The molecule has 0 atom stereocenters. The highest BCUT2D eigenvalue weighted by molar-refractivity contribution is 5.84. The van der Waals surface area contributed by atoms with E-state index >= 15 is 0 Å².